The lowest BCUT2D eigenvalue weighted by Crippen LogP contribution is -2.39. The third-order valence-corrected chi connectivity index (χ3v) is 6.28. The van der Waals surface area contributed by atoms with Gasteiger partial charge in [0.2, 0.25) is 5.91 Å². The maximum Gasteiger partial charge on any atom is 0.490 e. The van der Waals surface area contributed by atoms with E-state index in [4.69, 9.17) is 9.90 Å². The molecule has 2 aromatic heterocycles. The topological polar surface area (TPSA) is 73.7 Å². The average molecular weight is 441 g/mol. The van der Waals surface area contributed by atoms with E-state index >= 15 is 0 Å². The smallest absolute Gasteiger partial charge is 0.475 e. The Morgan fingerprint density at radius 2 is 2.10 bits per heavy atom. The van der Waals surface area contributed by atoms with E-state index in [0.717, 1.165) is 44.0 Å². The minimum Gasteiger partial charge on any atom is -0.475 e. The van der Waals surface area contributed by atoms with E-state index in [1.807, 2.05) is 34.7 Å². The molecule has 0 aromatic carbocycles. The minimum absolute atomic E-state index is 0.212. The normalized spacial score (nSPS) is 24.2. The molecular formula is C20H22F3N3O3S. The van der Waals surface area contributed by atoms with E-state index in [-0.39, 0.29) is 5.41 Å². The number of alkyl halides is 3. The number of carboxylic acid groups (broad SMARTS) is 1. The van der Waals surface area contributed by atoms with Crippen LogP contribution in [0, 0.1) is 11.3 Å². The van der Waals surface area contributed by atoms with Crippen LogP contribution in [0.5, 0.6) is 0 Å². The lowest BCUT2D eigenvalue weighted by Gasteiger charge is -2.26. The van der Waals surface area contributed by atoms with Gasteiger partial charge in [0.15, 0.2) is 0 Å². The zero-order chi connectivity index (χ0) is 21.9. The van der Waals surface area contributed by atoms with Gasteiger partial charge in [0, 0.05) is 37.8 Å². The van der Waals surface area contributed by atoms with Crippen molar-refractivity contribution in [1.29, 1.82) is 0 Å². The van der Waals surface area contributed by atoms with Crippen molar-refractivity contribution in [2.45, 2.75) is 26.1 Å². The second-order valence-electron chi connectivity index (χ2n) is 7.54. The molecule has 4 rings (SSSR count). The van der Waals surface area contributed by atoms with Gasteiger partial charge in [-0.3, -0.25) is 14.7 Å². The molecule has 0 bridgehead atoms. The van der Waals surface area contributed by atoms with Gasteiger partial charge in [-0.15, -0.1) is 0 Å². The standard InChI is InChI=1S/C18H21N3OS.C2HF3O2/c1-14-10-20(11-15-4-2-3-7-19-15)13-18(14)6-8-21(17(18)22)16-5-9-23-12-16;3-2(4,5)1(6)7/h2-5,7,9,12,14H,6,8,10-11,13H2,1H3;(H,6,7)/t14-,18-;/m1./s1. The van der Waals surface area contributed by atoms with E-state index < -0.39 is 12.1 Å². The Hall–Kier alpha value is -2.46. The quantitative estimate of drug-likeness (QED) is 0.787. The summed E-state index contributed by atoms with van der Waals surface area (Å²) < 4.78 is 31.7. The van der Waals surface area contributed by atoms with Gasteiger partial charge in [0.05, 0.1) is 16.8 Å². The summed E-state index contributed by atoms with van der Waals surface area (Å²) in [6, 6.07) is 8.07. The number of carbonyl (C=O) groups is 2. The highest BCUT2D eigenvalue weighted by Crippen LogP contribution is 2.46. The molecule has 10 heteroatoms. The molecule has 2 aromatic rings. The Labute approximate surface area is 175 Å². The first-order chi connectivity index (χ1) is 14.1. The highest BCUT2D eigenvalue weighted by atomic mass is 32.1. The van der Waals surface area contributed by atoms with E-state index in [0.29, 0.717) is 11.8 Å². The van der Waals surface area contributed by atoms with Crippen LogP contribution in [-0.2, 0) is 16.1 Å². The molecule has 2 saturated heterocycles. The van der Waals surface area contributed by atoms with Crippen LogP contribution in [-0.4, -0.2) is 52.7 Å². The Bertz CT molecular complexity index is 876. The Balaban J connectivity index is 0.000000318. The van der Waals surface area contributed by atoms with Crippen molar-refractivity contribution < 1.29 is 27.9 Å². The average Bonchev–Trinajstić information content (AvgIpc) is 3.38. The van der Waals surface area contributed by atoms with Crippen LogP contribution in [0.25, 0.3) is 0 Å². The van der Waals surface area contributed by atoms with Crippen LogP contribution in [0.1, 0.15) is 19.0 Å². The van der Waals surface area contributed by atoms with Gasteiger partial charge in [0.25, 0.3) is 0 Å². The monoisotopic (exact) mass is 441 g/mol. The molecular weight excluding hydrogens is 419 g/mol. The maximum atomic E-state index is 13.1. The number of hydrogen-bond donors (Lipinski definition) is 1. The van der Waals surface area contributed by atoms with E-state index in [2.05, 4.69) is 28.3 Å². The number of amides is 1. The lowest BCUT2D eigenvalue weighted by atomic mass is 9.78. The number of carbonyl (C=O) groups excluding carboxylic acids is 1. The minimum atomic E-state index is -5.08. The molecule has 2 fully saturated rings. The molecule has 0 unspecified atom stereocenters. The van der Waals surface area contributed by atoms with Crippen molar-refractivity contribution in [3.63, 3.8) is 0 Å². The van der Waals surface area contributed by atoms with E-state index in [1.54, 1.807) is 11.3 Å². The number of nitrogens with zero attached hydrogens (tertiary/aromatic N) is 3. The fourth-order valence-corrected chi connectivity index (χ4v) is 4.71. The SMILES string of the molecule is C[C@@H]1CN(Cc2ccccn2)C[C@]12CCN(c1ccsc1)C2=O.O=C(O)C(F)(F)F. The van der Waals surface area contributed by atoms with Crippen LogP contribution in [0.2, 0.25) is 0 Å². The number of halogens is 3. The number of thiophene rings is 1. The fourth-order valence-electron chi connectivity index (χ4n) is 4.07. The largest absolute Gasteiger partial charge is 0.490 e. The maximum absolute atomic E-state index is 13.1. The van der Waals surface area contributed by atoms with Gasteiger partial charge in [0.1, 0.15) is 0 Å². The van der Waals surface area contributed by atoms with Gasteiger partial charge < -0.3 is 10.0 Å². The second kappa shape index (κ2) is 8.73. The van der Waals surface area contributed by atoms with Crippen LogP contribution >= 0.6 is 11.3 Å². The lowest BCUT2D eigenvalue weighted by molar-refractivity contribution is -0.192. The van der Waals surface area contributed by atoms with Crippen molar-refractivity contribution >= 4 is 28.9 Å². The van der Waals surface area contributed by atoms with E-state index in [9.17, 15) is 18.0 Å². The second-order valence-corrected chi connectivity index (χ2v) is 8.32. The summed E-state index contributed by atoms with van der Waals surface area (Å²) in [7, 11) is 0. The van der Waals surface area contributed by atoms with Crippen molar-refractivity contribution in [3.8, 4) is 0 Å². The van der Waals surface area contributed by atoms with Crippen molar-refractivity contribution in [1.82, 2.24) is 9.88 Å². The number of anilines is 1. The number of aromatic nitrogens is 1. The van der Waals surface area contributed by atoms with Crippen molar-refractivity contribution in [2.24, 2.45) is 11.3 Å². The first-order valence-electron chi connectivity index (χ1n) is 9.40. The third-order valence-electron chi connectivity index (χ3n) is 5.61. The molecule has 1 N–H and O–H groups in total. The predicted octanol–water partition coefficient (Wildman–Crippen LogP) is 3.65. The summed E-state index contributed by atoms with van der Waals surface area (Å²) in [6.07, 6.45) is -2.29. The van der Waals surface area contributed by atoms with Crippen molar-refractivity contribution in [3.05, 3.63) is 46.9 Å². The molecule has 1 amide bonds. The Morgan fingerprint density at radius 3 is 2.67 bits per heavy atom. The molecule has 0 aliphatic carbocycles. The van der Waals surface area contributed by atoms with Gasteiger partial charge >= 0.3 is 12.1 Å². The first-order valence-corrected chi connectivity index (χ1v) is 10.3. The Morgan fingerprint density at radius 1 is 1.37 bits per heavy atom. The van der Waals surface area contributed by atoms with Crippen molar-refractivity contribution in [2.75, 3.05) is 24.5 Å². The number of hydrogen-bond acceptors (Lipinski definition) is 5. The van der Waals surface area contributed by atoms with Crippen LogP contribution < -0.4 is 4.90 Å². The zero-order valence-electron chi connectivity index (χ0n) is 16.3. The molecule has 0 radical (unpaired) electrons. The van der Waals surface area contributed by atoms with Gasteiger partial charge in [-0.1, -0.05) is 13.0 Å². The number of rotatable bonds is 3. The molecule has 162 valence electrons. The molecule has 1 spiro atoms. The van der Waals surface area contributed by atoms with Crippen LogP contribution in [0.4, 0.5) is 18.9 Å². The first kappa shape index (κ1) is 22.2. The molecule has 2 aliphatic rings. The highest BCUT2D eigenvalue weighted by molar-refractivity contribution is 7.08. The van der Waals surface area contributed by atoms with E-state index in [1.165, 1.54) is 0 Å². The number of carboxylic acids is 1. The zero-order valence-corrected chi connectivity index (χ0v) is 17.1. The number of likely N-dealkylation sites (tertiary alicyclic amines) is 1. The number of aliphatic carboxylic acids is 1. The predicted molar refractivity (Wildman–Crippen MR) is 106 cm³/mol. The molecule has 2 atom stereocenters. The summed E-state index contributed by atoms with van der Waals surface area (Å²) in [5, 5.41) is 11.2. The molecule has 0 saturated carbocycles. The van der Waals surface area contributed by atoms with Crippen LogP contribution in [0.3, 0.4) is 0 Å². The van der Waals surface area contributed by atoms with Gasteiger partial charge in [-0.05, 0) is 35.9 Å². The summed E-state index contributed by atoms with van der Waals surface area (Å²) in [4.78, 5) is 30.8. The third kappa shape index (κ3) is 4.65. The molecule has 4 heterocycles. The van der Waals surface area contributed by atoms with Crippen LogP contribution in [0.15, 0.2) is 41.2 Å². The molecule has 2 aliphatic heterocycles. The summed E-state index contributed by atoms with van der Waals surface area (Å²) in [5.74, 6) is -2.05. The Kier molecular flexibility index (Phi) is 6.47. The summed E-state index contributed by atoms with van der Waals surface area (Å²) in [5.41, 5.74) is 1.93. The summed E-state index contributed by atoms with van der Waals surface area (Å²) >= 11 is 1.65. The van der Waals surface area contributed by atoms with Gasteiger partial charge in [-0.25, -0.2) is 4.79 Å². The summed E-state index contributed by atoms with van der Waals surface area (Å²) in [6.45, 7) is 5.73. The fraction of sp³-hybridized carbons (Fsp3) is 0.450. The molecule has 30 heavy (non-hydrogen) atoms. The molecule has 6 nitrogen and oxygen atoms in total. The van der Waals surface area contributed by atoms with Gasteiger partial charge in [-0.2, -0.15) is 24.5 Å². The highest BCUT2D eigenvalue weighted by Gasteiger charge is 2.55. The number of pyridine rings is 1.